The summed E-state index contributed by atoms with van der Waals surface area (Å²) < 4.78 is 4.22. The van der Waals surface area contributed by atoms with E-state index in [2.05, 4.69) is 14.0 Å². The Morgan fingerprint density at radius 3 is 2.62 bits per heavy atom. The molecule has 8 heteroatoms. The Morgan fingerprint density at radius 1 is 1.62 bits per heavy atom. The summed E-state index contributed by atoms with van der Waals surface area (Å²) >= 11 is 1.74. The van der Waals surface area contributed by atoms with Gasteiger partial charge in [-0.3, -0.25) is 0 Å². The van der Waals surface area contributed by atoms with Crippen molar-refractivity contribution < 1.29 is 24.0 Å². The molecule has 1 aromatic rings. The predicted molar refractivity (Wildman–Crippen MR) is 37.7 cm³/mol. The Balaban J connectivity index is 0.00000144. The van der Waals surface area contributed by atoms with Crippen LogP contribution in [-0.2, 0) is 3.79 Å². The fourth-order valence-corrected chi connectivity index (χ4v) is 0.721. The summed E-state index contributed by atoms with van der Waals surface area (Å²) in [4.78, 5) is 20.9. The van der Waals surface area contributed by atoms with Gasteiger partial charge >= 0.3 is 74.7 Å². The molecule has 1 rings (SSSR count). The average molecular weight is 199 g/mol. The van der Waals surface area contributed by atoms with E-state index in [0.717, 1.165) is 6.07 Å². The zero-order chi connectivity index (χ0) is 9.14. The van der Waals surface area contributed by atoms with Crippen LogP contribution in [0.4, 0.5) is 0 Å². The molecule has 1 radical (unpaired) electrons. The van der Waals surface area contributed by atoms with Crippen LogP contribution in [0, 0.1) is 0 Å². The van der Waals surface area contributed by atoms with Crippen LogP contribution in [0.3, 0.4) is 0 Å². The quantitative estimate of drug-likeness (QED) is 0.514. The maximum atomic E-state index is 10.7. The van der Waals surface area contributed by atoms with Gasteiger partial charge in [-0.05, 0) is 0 Å². The standard InChI is InChI=1S/C5H4N2O4.Al.H2O/c8-4(9)2-1-3(5(10)11)7-6-2;;/h1H,(H,6,7)(H,8,9)(H,10,11);;1H2/q;+2;/p-2. The number of nitrogens with one attached hydrogen (secondary N) is 1. The van der Waals surface area contributed by atoms with Crippen molar-refractivity contribution >= 4 is 28.6 Å². The van der Waals surface area contributed by atoms with E-state index in [1.54, 1.807) is 16.6 Å². The van der Waals surface area contributed by atoms with Crippen molar-refractivity contribution in [3.05, 3.63) is 17.5 Å². The number of H-pyrrole nitrogens is 1. The van der Waals surface area contributed by atoms with Gasteiger partial charge < -0.3 is 5.48 Å². The molecule has 0 bridgehead atoms. The van der Waals surface area contributed by atoms with Gasteiger partial charge in [0.2, 0.25) is 0 Å². The summed E-state index contributed by atoms with van der Waals surface area (Å²) in [5, 5.41) is 15.6. The van der Waals surface area contributed by atoms with Gasteiger partial charge in [0.25, 0.3) is 0 Å². The van der Waals surface area contributed by atoms with Crippen molar-refractivity contribution in [2.75, 3.05) is 0 Å². The van der Waals surface area contributed by atoms with Gasteiger partial charge in [-0.15, -0.1) is 0 Å². The van der Waals surface area contributed by atoms with E-state index in [0.29, 0.717) is 0 Å². The topological polar surface area (TPSA) is 127 Å². The number of carboxylic acids is 1. The van der Waals surface area contributed by atoms with Crippen molar-refractivity contribution in [1.82, 2.24) is 10.2 Å². The Hall–Kier alpha value is -1.36. The molecule has 0 spiro atoms. The number of rotatable bonds is 2. The number of carbonyl (C=O) groups excluding carboxylic acids is 2. The van der Waals surface area contributed by atoms with E-state index in [4.69, 9.17) is 0 Å². The number of hydrogen-bond donors (Lipinski definition) is 1. The van der Waals surface area contributed by atoms with Crippen LogP contribution in [0.2, 0.25) is 0 Å². The third-order valence-corrected chi connectivity index (χ3v) is 1.33. The molecule has 3 N–H and O–H groups in total. The fourth-order valence-electron chi connectivity index (χ4n) is 0.594. The molecule has 0 aromatic carbocycles. The summed E-state index contributed by atoms with van der Waals surface area (Å²) in [6.45, 7) is 0. The van der Waals surface area contributed by atoms with Crippen molar-refractivity contribution in [3.8, 4) is 0 Å². The van der Waals surface area contributed by atoms with Gasteiger partial charge in [-0.1, -0.05) is 0 Å². The Kier molecular flexibility index (Phi) is 4.13. The second kappa shape index (κ2) is 4.62. The van der Waals surface area contributed by atoms with Crippen LogP contribution >= 0.6 is 0 Å². The molecule has 0 saturated carbocycles. The molecule has 1 aromatic heterocycles. The number of aromatic carboxylic acids is 1. The normalized spacial score (nSPS) is 8.54. The minimum atomic E-state index is -1.45. The van der Waals surface area contributed by atoms with Crippen LogP contribution in [0.1, 0.15) is 21.0 Å². The number of carboxylic acid groups (broad SMARTS) is 1. The van der Waals surface area contributed by atoms with E-state index in [1.165, 1.54) is 0 Å². The average Bonchev–Trinajstić information content (AvgIpc) is 2.51. The third-order valence-electron chi connectivity index (χ3n) is 1.11. The van der Waals surface area contributed by atoms with Crippen LogP contribution < -0.4 is 5.11 Å². The number of carbonyl (C=O) groups is 2. The first-order chi connectivity index (χ1) is 5.65. The second-order valence-corrected chi connectivity index (χ2v) is 2.10. The number of hydrogen-bond acceptors (Lipinski definition) is 5. The Labute approximate surface area is 80.8 Å². The molecule has 0 fully saturated rings. The molecule has 0 aliphatic heterocycles. The molecule has 0 aliphatic carbocycles. The summed E-state index contributed by atoms with van der Waals surface area (Å²) in [7, 11) is 0. The van der Waals surface area contributed by atoms with Crippen molar-refractivity contribution in [1.29, 1.82) is 0 Å². The first-order valence-electron chi connectivity index (χ1n) is 2.83. The number of aromatic nitrogens is 2. The van der Waals surface area contributed by atoms with Gasteiger partial charge in [0, 0.05) is 0 Å². The number of aromatic amines is 1. The van der Waals surface area contributed by atoms with E-state index in [1.807, 2.05) is 0 Å². The van der Waals surface area contributed by atoms with Gasteiger partial charge in [0.1, 0.15) is 0 Å². The van der Waals surface area contributed by atoms with Gasteiger partial charge in [-0.2, -0.15) is 0 Å². The summed E-state index contributed by atoms with van der Waals surface area (Å²) in [6.07, 6.45) is 0. The summed E-state index contributed by atoms with van der Waals surface area (Å²) in [5.74, 6) is -2.16. The molecule has 67 valence electrons. The monoisotopic (exact) mass is 199 g/mol. The molecule has 1 heterocycles. The first kappa shape index (κ1) is 11.6. The molecular formula is C5H4AlN2O5. The zero-order valence-electron chi connectivity index (χ0n) is 6.23. The number of nitrogens with zero attached hydrogens (tertiary/aromatic N) is 1. The molecule has 0 unspecified atom stereocenters. The van der Waals surface area contributed by atoms with Gasteiger partial charge in [0.15, 0.2) is 0 Å². The summed E-state index contributed by atoms with van der Waals surface area (Å²) in [5.41, 5.74) is -0.371. The molecule has 7 nitrogen and oxygen atoms in total. The maximum absolute atomic E-state index is 10.7. The summed E-state index contributed by atoms with van der Waals surface area (Å²) in [6, 6.07) is 1.03. The zero-order valence-corrected chi connectivity index (χ0v) is 7.39. The Morgan fingerprint density at radius 2 is 2.23 bits per heavy atom. The molecule has 0 saturated heterocycles. The van der Waals surface area contributed by atoms with Gasteiger partial charge in [-0.25, -0.2) is 0 Å². The van der Waals surface area contributed by atoms with E-state index in [9.17, 15) is 14.7 Å². The van der Waals surface area contributed by atoms with E-state index in [-0.39, 0.29) is 16.9 Å². The fraction of sp³-hybridized carbons (Fsp3) is 0. The Bertz CT molecular complexity index is 322. The first-order valence-corrected chi connectivity index (χ1v) is 3.30. The SMILES string of the molecule is O.O=C([O-])c1cc(C(=O)[O][Al+])[nH]n1. The van der Waals surface area contributed by atoms with Crippen LogP contribution in [0.15, 0.2) is 6.07 Å². The van der Waals surface area contributed by atoms with Crippen molar-refractivity contribution in [2.24, 2.45) is 0 Å². The third kappa shape index (κ3) is 2.55. The molecule has 0 aliphatic rings. The van der Waals surface area contributed by atoms with Crippen molar-refractivity contribution in [2.45, 2.75) is 0 Å². The van der Waals surface area contributed by atoms with Gasteiger partial charge in [0.05, 0.1) is 0 Å². The van der Waals surface area contributed by atoms with Crippen LogP contribution in [0.5, 0.6) is 0 Å². The van der Waals surface area contributed by atoms with Crippen LogP contribution in [-0.4, -0.2) is 44.2 Å². The molecule has 0 atom stereocenters. The van der Waals surface area contributed by atoms with E-state index >= 15 is 0 Å². The molecule has 0 amide bonds. The van der Waals surface area contributed by atoms with Crippen LogP contribution in [0.25, 0.3) is 0 Å². The predicted octanol–water partition coefficient (Wildman–Crippen LogP) is -2.81. The second-order valence-electron chi connectivity index (χ2n) is 1.86. The molecular weight excluding hydrogens is 195 g/mol. The van der Waals surface area contributed by atoms with Crippen molar-refractivity contribution in [3.63, 3.8) is 0 Å². The van der Waals surface area contributed by atoms with E-state index < -0.39 is 11.9 Å². The molecule has 13 heavy (non-hydrogen) atoms. The minimum absolute atomic E-state index is 0.